The molecule has 0 fully saturated rings. The van der Waals surface area contributed by atoms with Gasteiger partial charge in [0.15, 0.2) is 0 Å². The molecule has 2 aromatic heterocycles. The monoisotopic (exact) mass is 999 g/mol. The van der Waals surface area contributed by atoms with E-state index in [0.717, 1.165) is 38.9 Å². The Morgan fingerprint density at radius 3 is 1.65 bits per heavy atom. The van der Waals surface area contributed by atoms with Crippen LogP contribution < -0.4 is 25.5 Å². The number of para-hydroxylation sites is 1. The Kier molecular flexibility index (Phi) is 11.0. The van der Waals surface area contributed by atoms with Gasteiger partial charge in [-0.1, -0.05) is 189 Å². The lowest BCUT2D eigenvalue weighted by molar-refractivity contribution is 0.569. The molecule has 8 aromatic carbocycles. The summed E-state index contributed by atoms with van der Waals surface area (Å²) in [5.74, 6) is 0. The van der Waals surface area contributed by atoms with E-state index in [1.54, 1.807) is 0 Å². The molecule has 0 unspecified atom stereocenters. The molecule has 2 aliphatic rings. The van der Waals surface area contributed by atoms with Crippen LogP contribution in [-0.2, 0) is 27.1 Å². The SMILES string of the molecule is CC(C)(C)c1cc(-c2cccc(N3c4cccc5c4B(c4cc(C(C)(C)C)ccc4N5c4ccc(C(C)(C)C)cc4-c4ccc5c(c4)oc4ccccc45)c4sc5ccc(C(C)(C)C)cc5c43)c2)cc(C(C)(C)C)c1. The average molecular weight is 999 g/mol. The Labute approximate surface area is 450 Å². The molecule has 376 valence electrons. The van der Waals surface area contributed by atoms with Gasteiger partial charge in [0.1, 0.15) is 11.2 Å². The van der Waals surface area contributed by atoms with Crippen LogP contribution in [0, 0.1) is 0 Å². The third-order valence-corrected chi connectivity index (χ3v) is 17.4. The smallest absolute Gasteiger partial charge is 0.264 e. The molecule has 3 nitrogen and oxygen atoms in total. The van der Waals surface area contributed by atoms with Crippen LogP contribution in [-0.4, -0.2) is 6.71 Å². The number of rotatable bonds is 4. The van der Waals surface area contributed by atoms with Crippen molar-refractivity contribution < 1.29 is 4.42 Å². The van der Waals surface area contributed by atoms with E-state index in [0.29, 0.717) is 0 Å². The van der Waals surface area contributed by atoms with E-state index in [1.165, 1.54) is 93.0 Å². The Morgan fingerprint density at radius 1 is 0.387 bits per heavy atom. The Balaban J connectivity index is 1.15. The third-order valence-electron chi connectivity index (χ3n) is 16.2. The molecule has 0 amide bonds. The highest BCUT2D eigenvalue weighted by Crippen LogP contribution is 2.51. The van der Waals surface area contributed by atoms with Crippen molar-refractivity contribution in [1.82, 2.24) is 0 Å². The molecule has 4 heterocycles. The lowest BCUT2D eigenvalue weighted by Gasteiger charge is -2.44. The molecule has 0 N–H and O–H groups in total. The van der Waals surface area contributed by atoms with E-state index >= 15 is 0 Å². The van der Waals surface area contributed by atoms with Gasteiger partial charge in [-0.2, -0.15) is 0 Å². The summed E-state index contributed by atoms with van der Waals surface area (Å²) in [5, 5.41) is 3.59. The lowest BCUT2D eigenvalue weighted by Crippen LogP contribution is -2.60. The topological polar surface area (TPSA) is 19.6 Å². The molecule has 12 rings (SSSR count). The Morgan fingerprint density at radius 2 is 0.973 bits per heavy atom. The predicted octanol–water partition coefficient (Wildman–Crippen LogP) is 18.7. The maximum absolute atomic E-state index is 6.60. The molecule has 10 aromatic rings. The number of anilines is 6. The first-order valence-corrected chi connectivity index (χ1v) is 27.9. The molecule has 0 saturated carbocycles. The van der Waals surface area contributed by atoms with Gasteiger partial charge in [0.2, 0.25) is 0 Å². The van der Waals surface area contributed by atoms with Crippen LogP contribution in [0.25, 0.3) is 54.3 Å². The van der Waals surface area contributed by atoms with Crippen molar-refractivity contribution in [3.05, 3.63) is 186 Å². The van der Waals surface area contributed by atoms with Crippen molar-refractivity contribution >= 4 is 99.9 Å². The quantitative estimate of drug-likeness (QED) is 0.164. The molecule has 2 aliphatic heterocycles. The zero-order valence-electron chi connectivity index (χ0n) is 46.8. The fourth-order valence-electron chi connectivity index (χ4n) is 11.7. The summed E-state index contributed by atoms with van der Waals surface area (Å²) in [5.41, 5.74) is 23.0. The van der Waals surface area contributed by atoms with Gasteiger partial charge in [0.05, 0.1) is 11.4 Å². The molecule has 0 radical (unpaired) electrons. The summed E-state index contributed by atoms with van der Waals surface area (Å²) >= 11 is 1.98. The maximum Gasteiger partial charge on any atom is 0.264 e. The zero-order chi connectivity index (χ0) is 52.9. The fourth-order valence-corrected chi connectivity index (χ4v) is 13.0. The van der Waals surface area contributed by atoms with Gasteiger partial charge in [-0.3, -0.25) is 0 Å². The number of hydrogen-bond donors (Lipinski definition) is 0. The third kappa shape index (κ3) is 8.24. The van der Waals surface area contributed by atoms with Gasteiger partial charge < -0.3 is 14.2 Å². The van der Waals surface area contributed by atoms with Crippen LogP contribution >= 0.6 is 11.3 Å². The summed E-state index contributed by atoms with van der Waals surface area (Å²) in [7, 11) is 0. The van der Waals surface area contributed by atoms with Crippen molar-refractivity contribution in [3.8, 4) is 22.3 Å². The number of thiophene rings is 1. The molecule has 75 heavy (non-hydrogen) atoms. The van der Waals surface area contributed by atoms with E-state index in [4.69, 9.17) is 4.42 Å². The highest BCUT2D eigenvalue weighted by Gasteiger charge is 2.46. The van der Waals surface area contributed by atoms with Crippen molar-refractivity contribution in [1.29, 1.82) is 0 Å². The van der Waals surface area contributed by atoms with Crippen LogP contribution in [0.5, 0.6) is 0 Å². The Hall–Kier alpha value is -6.82. The van der Waals surface area contributed by atoms with Crippen LogP contribution in [0.1, 0.15) is 132 Å². The summed E-state index contributed by atoms with van der Waals surface area (Å²) in [6.45, 7) is 35.0. The molecule has 0 bridgehead atoms. The minimum Gasteiger partial charge on any atom is -0.456 e. The van der Waals surface area contributed by atoms with Crippen molar-refractivity contribution in [2.45, 2.75) is 131 Å². The second-order valence-corrected chi connectivity index (χ2v) is 27.8. The van der Waals surface area contributed by atoms with Crippen molar-refractivity contribution in [3.63, 3.8) is 0 Å². The van der Waals surface area contributed by atoms with Crippen LogP contribution in [0.3, 0.4) is 0 Å². The minimum absolute atomic E-state index is 0.00308. The molecular formula is C70H71BN2OS. The van der Waals surface area contributed by atoms with Gasteiger partial charge in [0, 0.05) is 53.9 Å². The molecule has 0 atom stereocenters. The standard InChI is InChI=1S/C70H71BN2OS/c1-66(2,3)45-27-31-56(53(39-45)43-26-30-52-51-22-16-17-25-60(51)74-61(52)37-43)73-57-32-28-47(68(7,8)9)41-55(57)71-63-58(23-19-24-59(63)73)72(64-54-40-46(67(4,5)6)29-33-62(54)75-65(64)71)50-21-18-20-42(36-50)44-34-48(69(10,11)12)38-49(35-44)70(13,14)15/h16-41H,1-15H3. The highest BCUT2D eigenvalue weighted by atomic mass is 32.1. The second kappa shape index (κ2) is 16.8. The van der Waals surface area contributed by atoms with Crippen molar-refractivity contribution in [2.24, 2.45) is 0 Å². The van der Waals surface area contributed by atoms with E-state index in [1.807, 2.05) is 11.3 Å². The van der Waals surface area contributed by atoms with Crippen LogP contribution in [0.4, 0.5) is 34.1 Å². The molecule has 0 aliphatic carbocycles. The van der Waals surface area contributed by atoms with Gasteiger partial charge in [-0.25, -0.2) is 0 Å². The minimum atomic E-state index is -0.0724. The Bertz CT molecular complexity index is 3910. The highest BCUT2D eigenvalue weighted by molar-refractivity contribution is 7.33. The van der Waals surface area contributed by atoms with Gasteiger partial charge in [0.25, 0.3) is 6.71 Å². The van der Waals surface area contributed by atoms with Crippen LogP contribution in [0.2, 0.25) is 0 Å². The maximum atomic E-state index is 6.60. The number of fused-ring (bicyclic) bond motifs is 9. The first-order chi connectivity index (χ1) is 35.3. The summed E-state index contributed by atoms with van der Waals surface area (Å²) < 4.78 is 9.30. The molecule has 0 spiro atoms. The van der Waals surface area contributed by atoms with E-state index < -0.39 is 0 Å². The predicted molar refractivity (Wildman–Crippen MR) is 327 cm³/mol. The normalized spacial score (nSPS) is 14.0. The molecule has 5 heteroatoms. The summed E-state index contributed by atoms with van der Waals surface area (Å²) in [6.07, 6.45) is 0. The van der Waals surface area contributed by atoms with E-state index in [9.17, 15) is 0 Å². The average Bonchev–Trinajstić information content (AvgIpc) is 3.93. The largest absolute Gasteiger partial charge is 0.456 e. The molecular weight excluding hydrogens is 928 g/mol. The first-order valence-electron chi connectivity index (χ1n) is 27.1. The first kappa shape index (κ1) is 49.1. The van der Waals surface area contributed by atoms with E-state index in [-0.39, 0.29) is 33.8 Å². The van der Waals surface area contributed by atoms with Crippen LogP contribution in [0.15, 0.2) is 162 Å². The number of nitrogens with zero attached hydrogens (tertiary/aromatic N) is 2. The fraction of sp³-hybridized carbons (Fsp3) is 0.286. The number of benzene rings is 8. The molecule has 0 saturated heterocycles. The van der Waals surface area contributed by atoms with Crippen molar-refractivity contribution in [2.75, 3.05) is 9.80 Å². The summed E-state index contributed by atoms with van der Waals surface area (Å²) in [4.78, 5) is 5.23. The van der Waals surface area contributed by atoms with Gasteiger partial charge in [-0.15, -0.1) is 11.3 Å². The second-order valence-electron chi connectivity index (χ2n) is 26.8. The summed E-state index contributed by atoms with van der Waals surface area (Å²) in [6, 6.07) is 60.8. The van der Waals surface area contributed by atoms with E-state index in [2.05, 4.69) is 271 Å². The van der Waals surface area contributed by atoms with Gasteiger partial charge >= 0.3 is 0 Å². The van der Waals surface area contributed by atoms with Gasteiger partial charge in [-0.05, 0) is 155 Å². The number of furan rings is 1. The lowest BCUT2D eigenvalue weighted by atomic mass is 9.36. The number of hydrogen-bond acceptors (Lipinski definition) is 4. The zero-order valence-corrected chi connectivity index (χ0v) is 47.6.